The Balaban J connectivity index is 1.23. The Labute approximate surface area is 300 Å². The molecular formula is C48H39N3. The summed E-state index contributed by atoms with van der Waals surface area (Å²) >= 11 is 0. The predicted octanol–water partition coefficient (Wildman–Crippen LogP) is 10.9. The molecule has 7 aromatic carbocycles. The zero-order valence-electron chi connectivity index (χ0n) is 28.7. The lowest BCUT2D eigenvalue weighted by Crippen LogP contribution is -2.32. The van der Waals surface area contributed by atoms with Gasteiger partial charge in [0.05, 0.1) is 6.17 Å². The molecule has 0 saturated carbocycles. The molecule has 0 radical (unpaired) electrons. The van der Waals surface area contributed by atoms with Crippen LogP contribution in [0.1, 0.15) is 58.2 Å². The molecule has 246 valence electrons. The number of rotatable bonds is 8. The van der Waals surface area contributed by atoms with Gasteiger partial charge >= 0.3 is 0 Å². The maximum Gasteiger partial charge on any atom is 0.127 e. The highest BCUT2D eigenvalue weighted by molar-refractivity contribution is 6.07. The van der Waals surface area contributed by atoms with Crippen molar-refractivity contribution in [3.63, 3.8) is 0 Å². The number of hydrogen-bond acceptors (Lipinski definition) is 3. The van der Waals surface area contributed by atoms with E-state index in [1.165, 1.54) is 66.8 Å². The monoisotopic (exact) mass is 657 g/mol. The molecule has 2 atom stereocenters. The summed E-state index contributed by atoms with van der Waals surface area (Å²) in [5, 5.41) is 3.79. The van der Waals surface area contributed by atoms with Gasteiger partial charge in [-0.05, 0) is 104 Å². The van der Waals surface area contributed by atoms with Gasteiger partial charge in [0, 0.05) is 11.3 Å². The highest BCUT2D eigenvalue weighted by Crippen LogP contribution is 2.47. The van der Waals surface area contributed by atoms with Crippen LogP contribution in [0.4, 0.5) is 0 Å². The molecule has 51 heavy (non-hydrogen) atoms. The van der Waals surface area contributed by atoms with Crippen molar-refractivity contribution in [3.8, 4) is 44.5 Å². The molecule has 3 nitrogen and oxygen atoms in total. The zero-order valence-corrected chi connectivity index (χ0v) is 28.7. The molecule has 3 N–H and O–H groups in total. The smallest absolute Gasteiger partial charge is 0.127 e. The van der Waals surface area contributed by atoms with Crippen molar-refractivity contribution in [2.24, 2.45) is 10.7 Å². The molecule has 3 heteroatoms. The van der Waals surface area contributed by atoms with E-state index in [2.05, 4.69) is 158 Å². The van der Waals surface area contributed by atoms with Crippen LogP contribution in [0.25, 0.3) is 44.5 Å². The second-order valence-electron chi connectivity index (χ2n) is 13.7. The Kier molecular flexibility index (Phi) is 8.00. The van der Waals surface area contributed by atoms with Crippen molar-refractivity contribution in [1.29, 1.82) is 0 Å². The predicted molar refractivity (Wildman–Crippen MR) is 212 cm³/mol. The highest BCUT2D eigenvalue weighted by atomic mass is 15.1. The van der Waals surface area contributed by atoms with Gasteiger partial charge in [0.2, 0.25) is 0 Å². The first-order valence-electron chi connectivity index (χ1n) is 17.8. The lowest BCUT2D eigenvalue weighted by Gasteiger charge is -2.25. The van der Waals surface area contributed by atoms with Crippen LogP contribution in [0.5, 0.6) is 0 Å². The number of fused-ring (bicyclic) bond motifs is 6. The first-order chi connectivity index (χ1) is 25.1. The summed E-state index contributed by atoms with van der Waals surface area (Å²) < 4.78 is 0. The van der Waals surface area contributed by atoms with Gasteiger partial charge in [0.1, 0.15) is 6.17 Å². The number of nitrogens with one attached hydrogen (secondary N) is 1. The Hall–Kier alpha value is -5.87. The topological polar surface area (TPSA) is 50.4 Å². The summed E-state index contributed by atoms with van der Waals surface area (Å²) in [7, 11) is 0. The Morgan fingerprint density at radius 3 is 1.88 bits per heavy atom. The zero-order chi connectivity index (χ0) is 34.3. The quantitative estimate of drug-likeness (QED) is 0.126. The van der Waals surface area contributed by atoms with Crippen LogP contribution < -0.4 is 11.1 Å². The third kappa shape index (κ3) is 5.71. The van der Waals surface area contributed by atoms with Crippen molar-refractivity contribution in [2.45, 2.75) is 32.1 Å². The van der Waals surface area contributed by atoms with Crippen LogP contribution in [0.15, 0.2) is 169 Å². The van der Waals surface area contributed by atoms with Crippen molar-refractivity contribution in [2.75, 3.05) is 0 Å². The number of benzene rings is 7. The van der Waals surface area contributed by atoms with E-state index in [0.29, 0.717) is 0 Å². The molecule has 0 amide bonds. The Morgan fingerprint density at radius 1 is 0.529 bits per heavy atom. The van der Waals surface area contributed by atoms with Gasteiger partial charge in [-0.3, -0.25) is 10.3 Å². The molecule has 0 bridgehead atoms. The third-order valence-electron chi connectivity index (χ3n) is 10.5. The Bertz CT molecular complexity index is 2410. The standard InChI is InChI=1S/C48H39N3/c1-31(43-30-38(32-15-5-2-6-16-32)29-39-27-35-21-11-12-24-41(35)44(39)43)50-48(51-47(49)34-19-9-4-10-20-34)42-26-14-23-37-28-36-22-13-25-40(45(36)46(37)42)33-17-7-3-8-18-33/h2-26,29-30,47-48,51H,27-28,49H2,1H3/b50-31+. The van der Waals surface area contributed by atoms with E-state index in [0.717, 1.165) is 35.2 Å². The summed E-state index contributed by atoms with van der Waals surface area (Å²) in [6.45, 7) is 2.17. The SMILES string of the molecule is C/C(=N\C(NC(N)c1ccccc1)c1cccc2c1-c1c(cccc1-c1ccccc1)C2)c1cc(-c2ccccc2)cc2c1-c1ccccc1C2. The van der Waals surface area contributed by atoms with Gasteiger partial charge in [-0.1, -0.05) is 158 Å². The number of aliphatic imine (C=N–C) groups is 1. The fourth-order valence-electron chi connectivity index (χ4n) is 8.16. The maximum absolute atomic E-state index is 6.98. The number of nitrogens with zero attached hydrogens (tertiary/aromatic N) is 1. The normalized spacial score (nSPS) is 14.0. The van der Waals surface area contributed by atoms with E-state index < -0.39 is 12.3 Å². The van der Waals surface area contributed by atoms with Crippen molar-refractivity contribution in [1.82, 2.24) is 5.32 Å². The average Bonchev–Trinajstić information content (AvgIpc) is 3.77. The molecule has 0 aromatic heterocycles. The minimum Gasteiger partial charge on any atom is -0.312 e. The summed E-state index contributed by atoms with van der Waals surface area (Å²) in [4.78, 5) is 5.65. The molecule has 7 aromatic rings. The van der Waals surface area contributed by atoms with Gasteiger partial charge in [-0.2, -0.15) is 0 Å². The average molecular weight is 658 g/mol. The van der Waals surface area contributed by atoms with Crippen molar-refractivity contribution >= 4 is 5.71 Å². The number of hydrogen-bond donors (Lipinski definition) is 2. The third-order valence-corrected chi connectivity index (χ3v) is 10.5. The van der Waals surface area contributed by atoms with Crippen molar-refractivity contribution < 1.29 is 0 Å². The molecular weight excluding hydrogens is 619 g/mol. The van der Waals surface area contributed by atoms with Gasteiger partial charge in [-0.15, -0.1) is 0 Å². The van der Waals surface area contributed by atoms with Crippen LogP contribution in [-0.4, -0.2) is 5.71 Å². The summed E-state index contributed by atoms with van der Waals surface area (Å²) in [6, 6.07) is 58.6. The van der Waals surface area contributed by atoms with Crippen LogP contribution in [0, 0.1) is 0 Å². The summed E-state index contributed by atoms with van der Waals surface area (Å²) in [5.41, 5.74) is 26.7. The van der Waals surface area contributed by atoms with Crippen molar-refractivity contribution in [3.05, 3.63) is 203 Å². The highest BCUT2D eigenvalue weighted by Gasteiger charge is 2.29. The van der Waals surface area contributed by atoms with Crippen LogP contribution >= 0.6 is 0 Å². The van der Waals surface area contributed by atoms with Crippen LogP contribution in [0.2, 0.25) is 0 Å². The first kappa shape index (κ1) is 31.1. The molecule has 0 saturated heterocycles. The van der Waals surface area contributed by atoms with E-state index >= 15 is 0 Å². The van der Waals surface area contributed by atoms with Gasteiger partial charge in [-0.25, -0.2) is 0 Å². The van der Waals surface area contributed by atoms with Gasteiger partial charge in [0.25, 0.3) is 0 Å². The summed E-state index contributed by atoms with van der Waals surface area (Å²) in [5.74, 6) is 0. The lowest BCUT2D eigenvalue weighted by atomic mass is 9.90. The van der Waals surface area contributed by atoms with Crippen LogP contribution in [0.3, 0.4) is 0 Å². The minimum absolute atomic E-state index is 0.405. The molecule has 0 aliphatic heterocycles. The van der Waals surface area contributed by atoms with Gasteiger partial charge < -0.3 is 5.73 Å². The molecule has 9 rings (SSSR count). The number of nitrogens with two attached hydrogens (primary N) is 1. The fourth-order valence-corrected chi connectivity index (χ4v) is 8.16. The molecule has 2 aliphatic carbocycles. The van der Waals surface area contributed by atoms with E-state index in [9.17, 15) is 0 Å². The Morgan fingerprint density at radius 2 is 1.12 bits per heavy atom. The minimum atomic E-state index is -0.420. The van der Waals surface area contributed by atoms with E-state index in [4.69, 9.17) is 10.7 Å². The first-order valence-corrected chi connectivity index (χ1v) is 17.8. The summed E-state index contributed by atoms with van der Waals surface area (Å²) in [6.07, 6.45) is 0.981. The van der Waals surface area contributed by atoms with Crippen LogP contribution in [-0.2, 0) is 12.8 Å². The van der Waals surface area contributed by atoms with Gasteiger partial charge in [0.15, 0.2) is 0 Å². The largest absolute Gasteiger partial charge is 0.312 e. The molecule has 2 unspecified atom stereocenters. The lowest BCUT2D eigenvalue weighted by molar-refractivity contribution is 0.466. The molecule has 0 heterocycles. The molecule has 0 spiro atoms. The van der Waals surface area contributed by atoms with E-state index in [1.54, 1.807) is 0 Å². The molecule has 0 fully saturated rings. The second kappa shape index (κ2) is 13.1. The maximum atomic E-state index is 6.98. The fraction of sp³-hybridized carbons (Fsp3) is 0.104. The van der Waals surface area contributed by atoms with E-state index in [-0.39, 0.29) is 0 Å². The molecule has 2 aliphatic rings. The van der Waals surface area contributed by atoms with E-state index in [1.807, 2.05) is 18.2 Å². The second-order valence-corrected chi connectivity index (χ2v) is 13.7.